The highest BCUT2D eigenvalue weighted by Crippen LogP contribution is 2.25. The first kappa shape index (κ1) is 27.9. The molecule has 0 aliphatic rings. The van der Waals surface area contributed by atoms with Crippen LogP contribution in [0.25, 0.3) is 18.0 Å². The summed E-state index contributed by atoms with van der Waals surface area (Å²) in [5.41, 5.74) is 1.72. The number of hydrogen-bond acceptors (Lipinski definition) is 5. The maximum atomic E-state index is 13.4. The van der Waals surface area contributed by atoms with Crippen LogP contribution in [0.4, 0.5) is 18.9 Å². The van der Waals surface area contributed by atoms with Crippen molar-refractivity contribution in [3.63, 3.8) is 0 Å². The number of halogens is 3. The molecule has 0 aliphatic heterocycles. The van der Waals surface area contributed by atoms with Crippen LogP contribution >= 0.6 is 11.3 Å². The Balaban J connectivity index is 1.74. The summed E-state index contributed by atoms with van der Waals surface area (Å²) in [4.78, 5) is 27.4. The first-order valence-electron chi connectivity index (χ1n) is 12.0. The maximum absolute atomic E-state index is 13.4. The van der Waals surface area contributed by atoms with Gasteiger partial charge in [0, 0.05) is 29.1 Å². The lowest BCUT2D eigenvalue weighted by Crippen LogP contribution is -2.39. The Morgan fingerprint density at radius 3 is 2.14 bits per heavy atom. The molecule has 1 atom stereocenters. The van der Waals surface area contributed by atoms with Crippen LogP contribution < -0.4 is 4.90 Å². The van der Waals surface area contributed by atoms with Gasteiger partial charge in [-0.15, -0.1) is 11.3 Å². The molecular formula is C29H28F3NO3S. The van der Waals surface area contributed by atoms with Crippen LogP contribution in [-0.2, 0) is 4.74 Å². The minimum absolute atomic E-state index is 0.153. The fourth-order valence-corrected chi connectivity index (χ4v) is 4.47. The molecule has 0 saturated carbocycles. The molecule has 0 radical (unpaired) electrons. The molecule has 0 N–H and O–H groups in total. The molecule has 0 saturated heterocycles. The van der Waals surface area contributed by atoms with E-state index >= 15 is 0 Å². The third-order valence-electron chi connectivity index (χ3n) is 5.70. The summed E-state index contributed by atoms with van der Waals surface area (Å²) in [6.45, 7) is 4.61. The van der Waals surface area contributed by atoms with Crippen LogP contribution in [0.5, 0.6) is 0 Å². The lowest BCUT2D eigenvalue weighted by atomic mass is 10.1. The van der Waals surface area contributed by atoms with Crippen molar-refractivity contribution >= 4 is 47.3 Å². The van der Waals surface area contributed by atoms with Crippen molar-refractivity contribution in [1.29, 1.82) is 0 Å². The second kappa shape index (κ2) is 13.6. The number of ether oxygens (including phenoxy) is 1. The van der Waals surface area contributed by atoms with E-state index in [2.05, 4.69) is 0 Å². The largest absolute Gasteiger partial charge is 0.438 e. The summed E-state index contributed by atoms with van der Waals surface area (Å²) in [5.74, 6) is -2.22. The van der Waals surface area contributed by atoms with E-state index in [9.17, 15) is 22.8 Å². The second-order valence-corrected chi connectivity index (χ2v) is 9.37. The van der Waals surface area contributed by atoms with Gasteiger partial charge in [-0.25, -0.2) is 9.18 Å². The number of anilines is 1. The number of nitrogens with zero attached hydrogens (tertiary/aromatic N) is 1. The molecule has 1 heterocycles. The molecular weight excluding hydrogens is 499 g/mol. The van der Waals surface area contributed by atoms with Crippen LogP contribution in [-0.4, -0.2) is 25.0 Å². The molecule has 0 spiro atoms. The first-order valence-corrected chi connectivity index (χ1v) is 12.8. The minimum Gasteiger partial charge on any atom is -0.438 e. The molecule has 0 bridgehead atoms. The fourth-order valence-electron chi connectivity index (χ4n) is 3.74. The van der Waals surface area contributed by atoms with Gasteiger partial charge in [0.05, 0.1) is 10.4 Å². The quantitative estimate of drug-likeness (QED) is 0.135. The average Bonchev–Trinajstić information content (AvgIpc) is 3.39. The topological polar surface area (TPSA) is 46.6 Å². The predicted octanol–water partition coefficient (Wildman–Crippen LogP) is 8.47. The van der Waals surface area contributed by atoms with Gasteiger partial charge < -0.3 is 9.64 Å². The van der Waals surface area contributed by atoms with Crippen LogP contribution in [0.1, 0.15) is 69.1 Å². The molecule has 0 fully saturated rings. The molecule has 1 aromatic heterocycles. The zero-order valence-corrected chi connectivity index (χ0v) is 21.4. The summed E-state index contributed by atoms with van der Waals surface area (Å²) in [6.07, 6.45) is 4.16. The summed E-state index contributed by atoms with van der Waals surface area (Å²) < 4.78 is 44.3. The van der Waals surface area contributed by atoms with Crippen LogP contribution in [0.3, 0.4) is 0 Å². The Labute approximate surface area is 218 Å². The number of carbonyl (C=O) groups is 2. The molecule has 3 rings (SSSR count). The van der Waals surface area contributed by atoms with Gasteiger partial charge in [-0.3, -0.25) is 4.79 Å². The molecule has 0 aliphatic carbocycles. The second-order valence-electron chi connectivity index (χ2n) is 8.22. The van der Waals surface area contributed by atoms with E-state index in [1.165, 1.54) is 23.5 Å². The number of hydrogen-bond donors (Lipinski definition) is 0. The molecule has 4 nitrogen and oxygen atoms in total. The van der Waals surface area contributed by atoms with Crippen molar-refractivity contribution in [2.45, 2.75) is 39.3 Å². The number of benzene rings is 2. The van der Waals surface area contributed by atoms with Crippen molar-refractivity contribution in [3.05, 3.63) is 93.2 Å². The van der Waals surface area contributed by atoms with E-state index in [-0.39, 0.29) is 11.1 Å². The molecule has 0 amide bonds. The summed E-state index contributed by atoms with van der Waals surface area (Å²) >= 11 is 1.42. The van der Waals surface area contributed by atoms with Gasteiger partial charge in [-0.1, -0.05) is 43.7 Å². The average molecular weight is 528 g/mol. The van der Waals surface area contributed by atoms with E-state index in [4.69, 9.17) is 4.74 Å². The Kier molecular flexibility index (Phi) is 10.3. The number of aldehydes is 1. The van der Waals surface area contributed by atoms with Gasteiger partial charge in [0.15, 0.2) is 18.3 Å². The summed E-state index contributed by atoms with van der Waals surface area (Å²) in [7, 11) is 0. The zero-order chi connectivity index (χ0) is 26.8. The molecule has 194 valence electrons. The summed E-state index contributed by atoms with van der Waals surface area (Å²) in [5, 5.41) is 0. The fraction of sp³-hybridized carbons (Fsp3) is 0.241. The Hall–Kier alpha value is -3.65. The number of esters is 1. The smallest absolute Gasteiger partial charge is 0.340 e. The van der Waals surface area contributed by atoms with Gasteiger partial charge in [0.2, 0.25) is 0 Å². The predicted molar refractivity (Wildman–Crippen MR) is 144 cm³/mol. The van der Waals surface area contributed by atoms with Gasteiger partial charge in [0.25, 0.3) is 0 Å². The third kappa shape index (κ3) is 7.67. The SMILES string of the molecule is CCCCC(OC(=O)c1ccc(C(F)=C(F)F)cc1)N(CC)c1ccc(/C=C/c2ccc(C=O)s2)cc1. The normalized spacial score (nSPS) is 11.8. The Morgan fingerprint density at radius 2 is 1.57 bits per heavy atom. The Bertz CT molecular complexity index is 1250. The van der Waals surface area contributed by atoms with Crippen molar-refractivity contribution in [3.8, 4) is 0 Å². The number of carbonyl (C=O) groups excluding carboxylic acids is 2. The van der Waals surface area contributed by atoms with Gasteiger partial charge in [0.1, 0.15) is 0 Å². The van der Waals surface area contributed by atoms with Crippen molar-refractivity contribution in [1.82, 2.24) is 0 Å². The van der Waals surface area contributed by atoms with Crippen LogP contribution in [0, 0.1) is 0 Å². The highest BCUT2D eigenvalue weighted by atomic mass is 32.1. The standard InChI is InChI=1S/C29H28F3NO3S/c1-3-5-6-26(36-29(35)22-12-10-21(11-13-22)27(30)28(31)32)33(4-2)23-14-7-20(8-15-23)9-16-24-17-18-25(19-34)37-24/h7-19,26H,3-6H2,1-2H3/b16-9+. The van der Waals surface area contributed by atoms with E-state index in [0.29, 0.717) is 17.8 Å². The number of thiophene rings is 1. The van der Waals surface area contributed by atoms with E-state index in [0.717, 1.165) is 47.4 Å². The highest BCUT2D eigenvalue weighted by molar-refractivity contribution is 7.14. The monoisotopic (exact) mass is 527 g/mol. The molecule has 2 aromatic carbocycles. The first-order chi connectivity index (χ1) is 17.9. The molecule has 3 aromatic rings. The highest BCUT2D eigenvalue weighted by Gasteiger charge is 2.22. The van der Waals surface area contributed by atoms with Crippen LogP contribution in [0.15, 0.2) is 66.7 Å². The molecule has 8 heteroatoms. The van der Waals surface area contributed by atoms with Crippen LogP contribution in [0.2, 0.25) is 0 Å². The summed E-state index contributed by atoms with van der Waals surface area (Å²) in [6, 6.07) is 16.3. The minimum atomic E-state index is -2.41. The van der Waals surface area contributed by atoms with E-state index in [1.807, 2.05) is 61.2 Å². The number of rotatable bonds is 12. The Morgan fingerprint density at radius 1 is 0.919 bits per heavy atom. The number of unbranched alkanes of at least 4 members (excludes halogenated alkanes) is 1. The van der Waals surface area contributed by atoms with E-state index < -0.39 is 24.1 Å². The van der Waals surface area contributed by atoms with Gasteiger partial charge in [-0.2, -0.15) is 8.78 Å². The van der Waals surface area contributed by atoms with E-state index in [1.54, 1.807) is 6.07 Å². The third-order valence-corrected chi connectivity index (χ3v) is 6.68. The van der Waals surface area contributed by atoms with Crippen molar-refractivity contribution in [2.75, 3.05) is 11.4 Å². The van der Waals surface area contributed by atoms with Gasteiger partial charge in [-0.05, 0) is 61.4 Å². The van der Waals surface area contributed by atoms with Crippen molar-refractivity contribution < 1.29 is 27.5 Å². The maximum Gasteiger partial charge on any atom is 0.340 e. The molecule has 37 heavy (non-hydrogen) atoms. The lowest BCUT2D eigenvalue weighted by Gasteiger charge is -2.32. The van der Waals surface area contributed by atoms with Gasteiger partial charge >= 0.3 is 12.0 Å². The lowest BCUT2D eigenvalue weighted by molar-refractivity contribution is 0.0270. The zero-order valence-electron chi connectivity index (χ0n) is 20.6. The molecule has 1 unspecified atom stereocenters. The van der Waals surface area contributed by atoms with Crippen molar-refractivity contribution in [2.24, 2.45) is 0 Å².